The molecule has 6 heteroatoms. The monoisotopic (exact) mass is 337 g/mol. The van der Waals surface area contributed by atoms with Crippen LogP contribution in [0.2, 0.25) is 0 Å². The molecule has 2 fully saturated rings. The van der Waals surface area contributed by atoms with E-state index in [1.54, 1.807) is 0 Å². The van der Waals surface area contributed by atoms with Gasteiger partial charge in [-0.15, -0.1) is 12.4 Å². The van der Waals surface area contributed by atoms with E-state index in [0.29, 0.717) is 19.5 Å². The van der Waals surface area contributed by atoms with Crippen LogP contribution in [-0.4, -0.2) is 66.4 Å². The number of rotatable bonds is 4. The molecule has 2 aliphatic heterocycles. The molecule has 126 valence electrons. The van der Waals surface area contributed by atoms with Crippen molar-refractivity contribution < 1.29 is 9.59 Å². The fourth-order valence-corrected chi connectivity index (χ4v) is 3.15. The minimum atomic E-state index is -0.192. The maximum atomic E-state index is 12.5. The van der Waals surface area contributed by atoms with Gasteiger partial charge < -0.3 is 4.90 Å². The number of carbonyl (C=O) groups is 2. The number of imide groups is 1. The Morgan fingerprint density at radius 1 is 1.04 bits per heavy atom. The third kappa shape index (κ3) is 4.31. The number of likely N-dealkylation sites (tertiary alicyclic amines) is 1. The van der Waals surface area contributed by atoms with Gasteiger partial charge in [-0.2, -0.15) is 0 Å². The summed E-state index contributed by atoms with van der Waals surface area (Å²) in [5, 5.41) is 0. The van der Waals surface area contributed by atoms with E-state index in [1.807, 2.05) is 30.3 Å². The summed E-state index contributed by atoms with van der Waals surface area (Å²) in [6.45, 7) is 4.26. The lowest BCUT2D eigenvalue weighted by atomic mass is 9.98. The van der Waals surface area contributed by atoms with Crippen LogP contribution in [-0.2, 0) is 16.0 Å². The van der Waals surface area contributed by atoms with Crippen LogP contribution in [0.25, 0.3) is 0 Å². The normalized spacial score (nSPS) is 23.2. The van der Waals surface area contributed by atoms with Gasteiger partial charge >= 0.3 is 0 Å². The maximum Gasteiger partial charge on any atom is 0.234 e. The molecule has 0 saturated carbocycles. The summed E-state index contributed by atoms with van der Waals surface area (Å²) in [4.78, 5) is 30.6. The lowest BCUT2D eigenvalue weighted by Gasteiger charge is -2.34. The Balaban J connectivity index is 0.00000192. The predicted molar refractivity (Wildman–Crippen MR) is 91.3 cm³/mol. The Hall–Kier alpha value is -1.43. The molecule has 0 spiro atoms. The van der Waals surface area contributed by atoms with Crippen LogP contribution in [0.3, 0.4) is 0 Å². The van der Waals surface area contributed by atoms with E-state index in [9.17, 15) is 9.59 Å². The van der Waals surface area contributed by atoms with Gasteiger partial charge in [0.25, 0.3) is 0 Å². The first-order chi connectivity index (χ1) is 10.6. The van der Waals surface area contributed by atoms with Crippen LogP contribution in [0.1, 0.15) is 12.0 Å². The van der Waals surface area contributed by atoms with Crippen LogP contribution in [0.4, 0.5) is 0 Å². The highest BCUT2D eigenvalue weighted by Gasteiger charge is 2.39. The number of piperazine rings is 1. The molecule has 1 aromatic rings. The third-order valence-electron chi connectivity index (χ3n) is 4.60. The molecule has 0 aromatic heterocycles. The average Bonchev–Trinajstić information content (AvgIpc) is 2.78. The number of nitrogens with zero attached hydrogens (tertiary/aromatic N) is 3. The second kappa shape index (κ2) is 7.90. The SMILES string of the molecule is CN1CCN(CN2C(=O)CC(Cc3ccccc3)C2=O)CC1.Cl. The highest BCUT2D eigenvalue weighted by Crippen LogP contribution is 2.24. The van der Waals surface area contributed by atoms with Crippen molar-refractivity contribution in [1.29, 1.82) is 0 Å². The highest BCUT2D eigenvalue weighted by atomic mass is 35.5. The minimum Gasteiger partial charge on any atom is -0.304 e. The first kappa shape index (κ1) is 17.9. The van der Waals surface area contributed by atoms with Gasteiger partial charge in [0.1, 0.15) is 0 Å². The van der Waals surface area contributed by atoms with Gasteiger partial charge in [0.2, 0.25) is 11.8 Å². The fourth-order valence-electron chi connectivity index (χ4n) is 3.15. The molecule has 2 heterocycles. The molecule has 1 atom stereocenters. The minimum absolute atomic E-state index is 0. The summed E-state index contributed by atoms with van der Waals surface area (Å²) < 4.78 is 0. The molecular weight excluding hydrogens is 314 g/mol. The molecule has 3 rings (SSSR count). The lowest BCUT2D eigenvalue weighted by molar-refractivity contribution is -0.142. The molecule has 5 nitrogen and oxygen atoms in total. The number of amides is 2. The Morgan fingerprint density at radius 2 is 1.70 bits per heavy atom. The van der Waals surface area contributed by atoms with Crippen LogP contribution in [0.5, 0.6) is 0 Å². The van der Waals surface area contributed by atoms with E-state index in [0.717, 1.165) is 31.7 Å². The Bertz CT molecular complexity index is 544. The van der Waals surface area contributed by atoms with Gasteiger partial charge in [-0.25, -0.2) is 0 Å². The topological polar surface area (TPSA) is 43.9 Å². The van der Waals surface area contributed by atoms with Crippen molar-refractivity contribution in [2.45, 2.75) is 12.8 Å². The summed E-state index contributed by atoms with van der Waals surface area (Å²) in [6, 6.07) is 9.93. The van der Waals surface area contributed by atoms with Crippen molar-refractivity contribution in [2.24, 2.45) is 5.92 Å². The molecule has 0 N–H and O–H groups in total. The second-order valence-corrected chi connectivity index (χ2v) is 6.31. The van der Waals surface area contributed by atoms with E-state index in [2.05, 4.69) is 16.8 Å². The molecule has 1 unspecified atom stereocenters. The largest absolute Gasteiger partial charge is 0.304 e. The standard InChI is InChI=1S/C17H23N3O2.ClH/c1-18-7-9-19(10-8-18)13-20-16(21)12-15(17(20)22)11-14-5-3-2-4-6-14;/h2-6,15H,7-13H2,1H3;1H. The Kier molecular flexibility index (Phi) is 6.16. The number of hydrogen-bond donors (Lipinski definition) is 0. The molecule has 2 amide bonds. The van der Waals surface area contributed by atoms with Gasteiger partial charge in [0, 0.05) is 32.6 Å². The van der Waals surface area contributed by atoms with Crippen LogP contribution >= 0.6 is 12.4 Å². The predicted octanol–water partition coefficient (Wildman–Crippen LogP) is 1.23. The zero-order valence-corrected chi connectivity index (χ0v) is 14.3. The van der Waals surface area contributed by atoms with Crippen molar-refractivity contribution >= 4 is 24.2 Å². The quantitative estimate of drug-likeness (QED) is 0.775. The third-order valence-corrected chi connectivity index (χ3v) is 4.60. The zero-order valence-electron chi connectivity index (χ0n) is 13.5. The Labute approximate surface area is 143 Å². The van der Waals surface area contributed by atoms with Crippen molar-refractivity contribution in [3.05, 3.63) is 35.9 Å². The summed E-state index contributed by atoms with van der Waals surface area (Å²) in [5.41, 5.74) is 1.12. The van der Waals surface area contributed by atoms with Gasteiger partial charge in [-0.1, -0.05) is 30.3 Å². The first-order valence-corrected chi connectivity index (χ1v) is 7.92. The Morgan fingerprint density at radius 3 is 2.35 bits per heavy atom. The molecule has 23 heavy (non-hydrogen) atoms. The molecule has 0 radical (unpaired) electrons. The van der Waals surface area contributed by atoms with Gasteiger partial charge in [0.05, 0.1) is 12.6 Å². The van der Waals surface area contributed by atoms with Crippen molar-refractivity contribution in [3.63, 3.8) is 0 Å². The van der Waals surface area contributed by atoms with E-state index >= 15 is 0 Å². The van der Waals surface area contributed by atoms with E-state index < -0.39 is 0 Å². The number of likely N-dealkylation sites (N-methyl/N-ethyl adjacent to an activating group) is 1. The van der Waals surface area contributed by atoms with Gasteiger partial charge in [0.15, 0.2) is 0 Å². The van der Waals surface area contributed by atoms with Crippen molar-refractivity contribution in [2.75, 3.05) is 39.9 Å². The molecule has 0 bridgehead atoms. The van der Waals surface area contributed by atoms with E-state index in [4.69, 9.17) is 0 Å². The number of carbonyl (C=O) groups excluding carboxylic acids is 2. The van der Waals surface area contributed by atoms with Crippen LogP contribution in [0.15, 0.2) is 30.3 Å². The molecule has 0 aliphatic carbocycles. The van der Waals surface area contributed by atoms with Gasteiger partial charge in [-0.3, -0.25) is 19.4 Å². The van der Waals surface area contributed by atoms with Crippen LogP contribution in [0, 0.1) is 5.92 Å². The zero-order chi connectivity index (χ0) is 15.5. The maximum absolute atomic E-state index is 12.5. The van der Waals surface area contributed by atoms with Crippen molar-refractivity contribution in [3.8, 4) is 0 Å². The first-order valence-electron chi connectivity index (χ1n) is 7.92. The molecule has 2 saturated heterocycles. The summed E-state index contributed by atoms with van der Waals surface area (Å²) in [7, 11) is 2.10. The number of benzene rings is 1. The van der Waals surface area contributed by atoms with Gasteiger partial charge in [-0.05, 0) is 19.0 Å². The summed E-state index contributed by atoms with van der Waals surface area (Å²) >= 11 is 0. The molecule has 1 aromatic carbocycles. The van der Waals surface area contributed by atoms with E-state index in [-0.39, 0.29) is 30.1 Å². The lowest BCUT2D eigenvalue weighted by Crippen LogP contribution is -2.50. The average molecular weight is 338 g/mol. The smallest absolute Gasteiger partial charge is 0.234 e. The number of halogens is 1. The molecule has 2 aliphatic rings. The summed E-state index contributed by atoms with van der Waals surface area (Å²) in [5.74, 6) is -0.222. The van der Waals surface area contributed by atoms with Crippen molar-refractivity contribution in [1.82, 2.24) is 14.7 Å². The van der Waals surface area contributed by atoms with Crippen LogP contribution < -0.4 is 0 Å². The summed E-state index contributed by atoms with van der Waals surface area (Å²) in [6.07, 6.45) is 1.01. The number of hydrogen-bond acceptors (Lipinski definition) is 4. The highest BCUT2D eigenvalue weighted by molar-refractivity contribution is 6.03. The molecular formula is C17H24ClN3O2. The fraction of sp³-hybridized carbons (Fsp3) is 0.529. The van der Waals surface area contributed by atoms with E-state index in [1.165, 1.54) is 4.90 Å². The second-order valence-electron chi connectivity index (χ2n) is 6.31.